The van der Waals surface area contributed by atoms with E-state index in [1.807, 2.05) is 0 Å². The van der Waals surface area contributed by atoms with Gasteiger partial charge in [-0.1, -0.05) is 11.6 Å². The van der Waals surface area contributed by atoms with E-state index in [4.69, 9.17) is 16.7 Å². The van der Waals surface area contributed by atoms with E-state index in [0.29, 0.717) is 5.69 Å². The lowest BCUT2D eigenvalue weighted by Crippen LogP contribution is -2.28. The van der Waals surface area contributed by atoms with Gasteiger partial charge in [-0.15, -0.1) is 0 Å². The van der Waals surface area contributed by atoms with Crippen LogP contribution in [0.15, 0.2) is 36.8 Å². The number of aromatic carboxylic acids is 1. The molecule has 8 heteroatoms. The summed E-state index contributed by atoms with van der Waals surface area (Å²) in [5, 5.41) is 14.2. The summed E-state index contributed by atoms with van der Waals surface area (Å²) in [5.41, 5.74) is 0.896. The Kier molecular flexibility index (Phi) is 4.68. The monoisotopic (exact) mass is 306 g/mol. The lowest BCUT2D eigenvalue weighted by Gasteiger charge is -2.09. The minimum atomic E-state index is -1.10. The van der Waals surface area contributed by atoms with Crippen molar-refractivity contribution in [3.8, 4) is 0 Å². The highest BCUT2D eigenvalue weighted by atomic mass is 35.5. The lowest BCUT2D eigenvalue weighted by molar-refractivity contribution is 0.0697. The van der Waals surface area contributed by atoms with Gasteiger partial charge in [0.15, 0.2) is 0 Å². The van der Waals surface area contributed by atoms with E-state index in [2.05, 4.69) is 20.6 Å². The van der Waals surface area contributed by atoms with Crippen molar-refractivity contribution in [3.05, 3.63) is 53.1 Å². The van der Waals surface area contributed by atoms with E-state index in [1.165, 1.54) is 24.5 Å². The average Bonchev–Trinajstić information content (AvgIpc) is 2.48. The Hall–Kier alpha value is -2.67. The molecule has 108 valence electrons. The van der Waals surface area contributed by atoms with Gasteiger partial charge in [0.25, 0.3) is 0 Å². The van der Waals surface area contributed by atoms with Gasteiger partial charge in [-0.2, -0.15) is 0 Å². The van der Waals surface area contributed by atoms with Gasteiger partial charge in [0, 0.05) is 6.20 Å². The van der Waals surface area contributed by atoms with Crippen molar-refractivity contribution in [2.24, 2.45) is 0 Å². The molecule has 2 amide bonds. The molecule has 1 aromatic heterocycles. The van der Waals surface area contributed by atoms with Crippen LogP contribution < -0.4 is 10.6 Å². The van der Waals surface area contributed by atoms with Crippen LogP contribution in [-0.4, -0.2) is 27.1 Å². The molecule has 0 saturated carbocycles. The Morgan fingerprint density at radius 3 is 2.76 bits per heavy atom. The fourth-order valence-electron chi connectivity index (χ4n) is 1.51. The van der Waals surface area contributed by atoms with Gasteiger partial charge in [0.2, 0.25) is 0 Å². The molecule has 1 heterocycles. The summed E-state index contributed by atoms with van der Waals surface area (Å²) >= 11 is 5.91. The number of benzene rings is 1. The van der Waals surface area contributed by atoms with Crippen molar-refractivity contribution in [1.29, 1.82) is 0 Å². The maximum Gasteiger partial charge on any atom is 0.335 e. The van der Waals surface area contributed by atoms with Crippen molar-refractivity contribution in [3.63, 3.8) is 0 Å². The van der Waals surface area contributed by atoms with E-state index < -0.39 is 12.0 Å². The van der Waals surface area contributed by atoms with Gasteiger partial charge in [0.05, 0.1) is 28.5 Å². The number of anilines is 1. The third-order valence-electron chi connectivity index (χ3n) is 2.53. The molecule has 0 aliphatic rings. The first-order valence-electron chi connectivity index (χ1n) is 5.89. The Labute approximate surface area is 125 Å². The number of carboxylic acids is 1. The summed E-state index contributed by atoms with van der Waals surface area (Å²) in [6.45, 7) is 0.213. The second-order valence-electron chi connectivity index (χ2n) is 4.01. The molecule has 0 saturated heterocycles. The quantitative estimate of drug-likeness (QED) is 0.803. The normalized spacial score (nSPS) is 9.95. The smallest absolute Gasteiger partial charge is 0.335 e. The molecule has 3 N–H and O–H groups in total. The number of rotatable bonds is 4. The van der Waals surface area contributed by atoms with Gasteiger partial charge in [0.1, 0.15) is 6.33 Å². The molecule has 2 rings (SSSR count). The molecule has 0 bridgehead atoms. The molecular weight excluding hydrogens is 296 g/mol. The number of halogens is 1. The van der Waals surface area contributed by atoms with Crippen molar-refractivity contribution in [2.75, 3.05) is 5.32 Å². The van der Waals surface area contributed by atoms with E-state index in [1.54, 1.807) is 12.3 Å². The molecule has 21 heavy (non-hydrogen) atoms. The highest BCUT2D eigenvalue weighted by molar-refractivity contribution is 6.33. The number of hydrogen-bond acceptors (Lipinski definition) is 4. The molecule has 2 aromatic rings. The highest BCUT2D eigenvalue weighted by Gasteiger charge is 2.10. The lowest BCUT2D eigenvalue weighted by atomic mass is 10.2. The van der Waals surface area contributed by atoms with E-state index in [9.17, 15) is 9.59 Å². The fraction of sp³-hybridized carbons (Fsp3) is 0.0769. The second kappa shape index (κ2) is 6.67. The molecular formula is C13H11ClN4O3. The highest BCUT2D eigenvalue weighted by Crippen LogP contribution is 2.22. The summed E-state index contributed by atoms with van der Waals surface area (Å²) in [4.78, 5) is 30.3. The number of hydrogen-bond donors (Lipinski definition) is 3. The molecule has 0 aliphatic heterocycles. The van der Waals surface area contributed by atoms with Gasteiger partial charge in [-0.05, 0) is 24.3 Å². The first kappa shape index (κ1) is 14.7. The summed E-state index contributed by atoms with van der Waals surface area (Å²) in [5.74, 6) is -1.10. The largest absolute Gasteiger partial charge is 0.478 e. The van der Waals surface area contributed by atoms with Crippen LogP contribution >= 0.6 is 11.6 Å². The maximum atomic E-state index is 11.7. The van der Waals surface area contributed by atoms with Crippen LogP contribution in [0.5, 0.6) is 0 Å². The van der Waals surface area contributed by atoms with Crippen LogP contribution in [0.4, 0.5) is 10.5 Å². The zero-order valence-electron chi connectivity index (χ0n) is 10.7. The number of amides is 2. The fourth-order valence-corrected chi connectivity index (χ4v) is 1.68. The molecule has 0 atom stereocenters. The van der Waals surface area contributed by atoms with E-state index in [-0.39, 0.29) is 22.8 Å². The summed E-state index contributed by atoms with van der Waals surface area (Å²) in [7, 11) is 0. The molecule has 7 nitrogen and oxygen atoms in total. The zero-order valence-corrected chi connectivity index (χ0v) is 11.5. The van der Waals surface area contributed by atoms with Gasteiger partial charge < -0.3 is 15.7 Å². The Morgan fingerprint density at radius 2 is 2.10 bits per heavy atom. The third kappa shape index (κ3) is 4.15. The Bertz CT molecular complexity index is 664. The number of carbonyl (C=O) groups excluding carboxylic acids is 1. The topological polar surface area (TPSA) is 104 Å². The van der Waals surface area contributed by atoms with Crippen molar-refractivity contribution in [2.45, 2.75) is 6.54 Å². The van der Waals surface area contributed by atoms with Crippen LogP contribution in [0.3, 0.4) is 0 Å². The molecule has 1 aromatic carbocycles. The van der Waals surface area contributed by atoms with E-state index >= 15 is 0 Å². The molecule has 0 radical (unpaired) electrons. The van der Waals surface area contributed by atoms with Crippen LogP contribution in [0.1, 0.15) is 16.1 Å². The van der Waals surface area contributed by atoms with Crippen LogP contribution in [0, 0.1) is 0 Å². The van der Waals surface area contributed by atoms with Gasteiger partial charge in [-0.3, -0.25) is 0 Å². The Balaban J connectivity index is 1.99. The molecule has 0 unspecified atom stereocenters. The van der Waals surface area contributed by atoms with Gasteiger partial charge >= 0.3 is 12.0 Å². The minimum Gasteiger partial charge on any atom is -0.478 e. The van der Waals surface area contributed by atoms with Crippen LogP contribution in [0.25, 0.3) is 0 Å². The van der Waals surface area contributed by atoms with Crippen molar-refractivity contribution >= 4 is 29.3 Å². The second-order valence-corrected chi connectivity index (χ2v) is 4.42. The summed E-state index contributed by atoms with van der Waals surface area (Å²) < 4.78 is 0. The molecule has 0 spiro atoms. The summed E-state index contributed by atoms with van der Waals surface area (Å²) in [6.07, 6.45) is 2.94. The Morgan fingerprint density at radius 1 is 1.29 bits per heavy atom. The maximum absolute atomic E-state index is 11.7. The standard InChI is InChI=1S/C13H11ClN4O3/c14-10-2-1-8(12(19)20)5-11(10)18-13(21)16-6-9-3-4-15-7-17-9/h1-5,7H,6H2,(H,19,20)(H2,16,18,21). The van der Waals surface area contributed by atoms with Crippen molar-refractivity contribution < 1.29 is 14.7 Å². The van der Waals surface area contributed by atoms with Gasteiger partial charge in [-0.25, -0.2) is 19.6 Å². The number of carboxylic acid groups (broad SMARTS) is 1. The minimum absolute atomic E-state index is 0.0329. The first-order valence-corrected chi connectivity index (χ1v) is 6.26. The molecule has 0 aliphatic carbocycles. The average molecular weight is 307 g/mol. The van der Waals surface area contributed by atoms with E-state index in [0.717, 1.165) is 0 Å². The predicted octanol–water partition coefficient (Wildman–Crippen LogP) is 2.15. The first-order chi connectivity index (χ1) is 10.1. The third-order valence-corrected chi connectivity index (χ3v) is 2.86. The number of carbonyl (C=O) groups is 2. The summed E-state index contributed by atoms with van der Waals surface area (Å²) in [6, 6.07) is 5.20. The van der Waals surface area contributed by atoms with Crippen LogP contribution in [-0.2, 0) is 6.54 Å². The number of aromatic nitrogens is 2. The number of urea groups is 1. The van der Waals surface area contributed by atoms with Crippen LogP contribution in [0.2, 0.25) is 5.02 Å². The zero-order chi connectivity index (χ0) is 15.2. The molecule has 0 fully saturated rings. The SMILES string of the molecule is O=C(NCc1ccncn1)Nc1cc(C(=O)O)ccc1Cl. The van der Waals surface area contributed by atoms with Crippen molar-refractivity contribution in [1.82, 2.24) is 15.3 Å². The number of nitrogens with zero attached hydrogens (tertiary/aromatic N) is 2. The predicted molar refractivity (Wildman–Crippen MR) is 76.3 cm³/mol. The number of nitrogens with one attached hydrogen (secondary N) is 2.